The van der Waals surface area contributed by atoms with Gasteiger partial charge in [-0.2, -0.15) is 0 Å². The Morgan fingerprint density at radius 1 is 1.13 bits per heavy atom. The maximum atomic E-state index is 5.43. The molecule has 2 rings (SSSR count). The quantitative estimate of drug-likeness (QED) is 0.731. The maximum absolute atomic E-state index is 5.43. The molecule has 15 heavy (non-hydrogen) atoms. The second-order valence-electron chi connectivity index (χ2n) is 3.58. The predicted molar refractivity (Wildman–Crippen MR) is 63.7 cm³/mol. The first-order valence-corrected chi connectivity index (χ1v) is 5.16. The highest BCUT2D eigenvalue weighted by atomic mass is 16.5. The molecule has 1 radical (unpaired) electrons. The van der Waals surface area contributed by atoms with Crippen molar-refractivity contribution < 1.29 is 4.74 Å². The summed E-state index contributed by atoms with van der Waals surface area (Å²) in [6.45, 7) is 3.92. The van der Waals surface area contributed by atoms with Crippen molar-refractivity contribution in [1.29, 1.82) is 0 Å². The molecular weight excluding hydrogens is 184 g/mol. The van der Waals surface area contributed by atoms with Crippen LogP contribution in [0.15, 0.2) is 42.5 Å². The number of fused-ring (bicyclic) bond motifs is 1. The molecule has 0 amide bonds. The Kier molecular flexibility index (Phi) is 3.02. The third-order valence-corrected chi connectivity index (χ3v) is 2.72. The monoisotopic (exact) mass is 199 g/mol. The third kappa shape index (κ3) is 1.88. The van der Waals surface area contributed by atoms with E-state index in [1.54, 1.807) is 7.11 Å². The first kappa shape index (κ1) is 10.2. The lowest BCUT2D eigenvalue weighted by Crippen LogP contribution is -2.00. The van der Waals surface area contributed by atoms with Gasteiger partial charge >= 0.3 is 0 Å². The summed E-state index contributed by atoms with van der Waals surface area (Å²) in [7, 11) is 1.73. The van der Waals surface area contributed by atoms with Gasteiger partial charge in [-0.25, -0.2) is 0 Å². The minimum absolute atomic E-state index is 0.0936. The fourth-order valence-corrected chi connectivity index (χ4v) is 1.93. The van der Waals surface area contributed by atoms with E-state index in [0.29, 0.717) is 0 Å². The van der Waals surface area contributed by atoms with E-state index in [1.165, 1.54) is 16.3 Å². The summed E-state index contributed by atoms with van der Waals surface area (Å²) in [6.07, 6.45) is 0.848. The van der Waals surface area contributed by atoms with Crippen LogP contribution in [-0.4, -0.2) is 7.11 Å². The van der Waals surface area contributed by atoms with E-state index in [-0.39, 0.29) is 6.10 Å². The van der Waals surface area contributed by atoms with Crippen molar-refractivity contribution in [1.82, 2.24) is 0 Å². The van der Waals surface area contributed by atoms with E-state index in [2.05, 4.69) is 49.4 Å². The maximum Gasteiger partial charge on any atom is 0.0827 e. The van der Waals surface area contributed by atoms with Crippen LogP contribution in [0, 0.1) is 6.92 Å². The molecule has 0 fully saturated rings. The summed E-state index contributed by atoms with van der Waals surface area (Å²) in [6, 6.07) is 14.7. The van der Waals surface area contributed by atoms with Gasteiger partial charge in [-0.3, -0.25) is 0 Å². The zero-order chi connectivity index (χ0) is 10.7. The van der Waals surface area contributed by atoms with Gasteiger partial charge in [-0.1, -0.05) is 49.4 Å². The van der Waals surface area contributed by atoms with Gasteiger partial charge in [0.05, 0.1) is 6.10 Å². The first-order valence-electron chi connectivity index (χ1n) is 5.16. The van der Waals surface area contributed by atoms with Crippen LogP contribution in [0.4, 0.5) is 0 Å². The van der Waals surface area contributed by atoms with Gasteiger partial charge in [0.25, 0.3) is 0 Å². The number of hydrogen-bond acceptors (Lipinski definition) is 1. The van der Waals surface area contributed by atoms with Crippen molar-refractivity contribution in [2.45, 2.75) is 12.5 Å². The highest BCUT2D eigenvalue weighted by Crippen LogP contribution is 2.27. The molecule has 0 N–H and O–H groups in total. The number of hydrogen-bond donors (Lipinski definition) is 0. The van der Waals surface area contributed by atoms with E-state index in [9.17, 15) is 0 Å². The van der Waals surface area contributed by atoms with E-state index in [0.717, 1.165) is 6.42 Å². The summed E-state index contributed by atoms with van der Waals surface area (Å²) < 4.78 is 5.43. The van der Waals surface area contributed by atoms with Crippen molar-refractivity contribution in [3.63, 3.8) is 0 Å². The van der Waals surface area contributed by atoms with Gasteiger partial charge in [-0.05, 0) is 22.8 Å². The smallest absolute Gasteiger partial charge is 0.0827 e. The second kappa shape index (κ2) is 4.45. The van der Waals surface area contributed by atoms with Gasteiger partial charge < -0.3 is 4.74 Å². The molecule has 0 spiro atoms. The molecule has 2 aromatic carbocycles. The second-order valence-corrected chi connectivity index (χ2v) is 3.58. The summed E-state index contributed by atoms with van der Waals surface area (Å²) in [4.78, 5) is 0. The van der Waals surface area contributed by atoms with E-state index in [4.69, 9.17) is 4.74 Å². The fraction of sp³-hybridized carbons (Fsp3) is 0.214. The Bertz CT molecular complexity index is 439. The van der Waals surface area contributed by atoms with Crippen LogP contribution < -0.4 is 0 Å². The van der Waals surface area contributed by atoms with Crippen LogP contribution >= 0.6 is 0 Å². The topological polar surface area (TPSA) is 9.23 Å². The van der Waals surface area contributed by atoms with Gasteiger partial charge in [0.15, 0.2) is 0 Å². The number of ether oxygens (including phenoxy) is 1. The summed E-state index contributed by atoms with van der Waals surface area (Å²) in [5.41, 5.74) is 1.23. The lowest BCUT2D eigenvalue weighted by Gasteiger charge is -2.15. The molecule has 0 saturated carbocycles. The molecule has 0 aliphatic rings. The molecule has 1 atom stereocenters. The molecule has 2 aromatic rings. The van der Waals surface area contributed by atoms with Gasteiger partial charge in [0, 0.05) is 7.11 Å². The average molecular weight is 199 g/mol. The Labute approximate surface area is 90.7 Å². The average Bonchev–Trinajstić information content (AvgIpc) is 2.31. The largest absolute Gasteiger partial charge is 0.377 e. The Hall–Kier alpha value is -1.34. The van der Waals surface area contributed by atoms with Gasteiger partial charge in [-0.15, -0.1) is 0 Å². The van der Waals surface area contributed by atoms with Gasteiger partial charge in [0.1, 0.15) is 0 Å². The van der Waals surface area contributed by atoms with Crippen LogP contribution in [-0.2, 0) is 4.74 Å². The van der Waals surface area contributed by atoms with Crippen molar-refractivity contribution in [2.75, 3.05) is 7.11 Å². The van der Waals surface area contributed by atoms with Crippen molar-refractivity contribution >= 4 is 10.8 Å². The minimum atomic E-state index is 0.0936. The standard InChI is InChI=1S/C14H15O/c1-3-14(15-2)13-10-6-8-11-7-4-5-9-12(11)13/h4-10,14H,1,3H2,2H3. The third-order valence-electron chi connectivity index (χ3n) is 2.72. The normalized spacial score (nSPS) is 12.9. The van der Waals surface area contributed by atoms with E-state index in [1.807, 2.05) is 0 Å². The molecule has 1 heteroatoms. The van der Waals surface area contributed by atoms with Crippen LogP contribution in [0.3, 0.4) is 0 Å². The SMILES string of the molecule is [CH2]CC(OC)c1cccc2ccccc12. The van der Waals surface area contributed by atoms with Crippen LogP contribution in [0.1, 0.15) is 18.1 Å². The van der Waals surface area contributed by atoms with Crippen LogP contribution in [0.5, 0.6) is 0 Å². The molecule has 0 bridgehead atoms. The lowest BCUT2D eigenvalue weighted by atomic mass is 9.99. The van der Waals surface area contributed by atoms with Crippen molar-refractivity contribution in [2.24, 2.45) is 0 Å². The minimum Gasteiger partial charge on any atom is -0.377 e. The molecule has 0 aliphatic heterocycles. The first-order chi connectivity index (χ1) is 7.36. The molecule has 77 valence electrons. The lowest BCUT2D eigenvalue weighted by molar-refractivity contribution is 0.106. The molecule has 1 unspecified atom stereocenters. The number of rotatable bonds is 3. The zero-order valence-corrected chi connectivity index (χ0v) is 8.94. The van der Waals surface area contributed by atoms with Crippen LogP contribution in [0.2, 0.25) is 0 Å². The van der Waals surface area contributed by atoms with Gasteiger partial charge in [0.2, 0.25) is 0 Å². The number of benzene rings is 2. The highest BCUT2D eigenvalue weighted by Gasteiger charge is 2.10. The van der Waals surface area contributed by atoms with Crippen molar-refractivity contribution in [3.8, 4) is 0 Å². The Balaban J connectivity index is 2.59. The highest BCUT2D eigenvalue weighted by molar-refractivity contribution is 5.85. The Morgan fingerprint density at radius 3 is 2.60 bits per heavy atom. The Morgan fingerprint density at radius 2 is 1.87 bits per heavy atom. The van der Waals surface area contributed by atoms with Crippen LogP contribution in [0.25, 0.3) is 10.8 Å². The zero-order valence-electron chi connectivity index (χ0n) is 8.94. The van der Waals surface area contributed by atoms with E-state index < -0.39 is 0 Å². The summed E-state index contributed by atoms with van der Waals surface area (Å²) >= 11 is 0. The predicted octanol–water partition coefficient (Wildman–Crippen LogP) is 3.75. The molecule has 0 aromatic heterocycles. The number of methoxy groups -OCH3 is 1. The van der Waals surface area contributed by atoms with E-state index >= 15 is 0 Å². The van der Waals surface area contributed by atoms with Crippen molar-refractivity contribution in [3.05, 3.63) is 55.0 Å². The molecule has 1 nitrogen and oxygen atoms in total. The summed E-state index contributed by atoms with van der Waals surface area (Å²) in [5, 5.41) is 2.51. The molecule has 0 aliphatic carbocycles. The fourth-order valence-electron chi connectivity index (χ4n) is 1.93. The molecule has 0 heterocycles. The molecular formula is C14H15O. The molecule has 0 saturated heterocycles. The summed E-state index contributed by atoms with van der Waals surface area (Å²) in [5.74, 6) is 0.